The Bertz CT molecular complexity index is 528. The Morgan fingerprint density at radius 1 is 1.37 bits per heavy atom. The van der Waals surface area contributed by atoms with Gasteiger partial charge in [0.25, 0.3) is 0 Å². The number of nitrogens with one attached hydrogen (secondary N) is 2. The van der Waals surface area contributed by atoms with Gasteiger partial charge in [-0.2, -0.15) is 0 Å². The zero-order valence-electron chi connectivity index (χ0n) is 11.5. The molecule has 2 heterocycles. The number of aromatic amines is 1. The average Bonchev–Trinajstić information content (AvgIpc) is 3.06. The largest absolute Gasteiger partial charge is 0.345 e. The van der Waals surface area contributed by atoms with Crippen LogP contribution < -0.4 is 5.32 Å². The highest BCUT2D eigenvalue weighted by Crippen LogP contribution is 2.12. The topological polar surface area (TPSA) is 44.0 Å². The number of likely N-dealkylation sites (tertiary alicyclic amines) is 1. The molecule has 4 heteroatoms. The lowest BCUT2D eigenvalue weighted by atomic mass is 10.2. The van der Waals surface area contributed by atoms with Crippen molar-refractivity contribution in [2.45, 2.75) is 32.4 Å². The Morgan fingerprint density at radius 3 is 3.05 bits per heavy atom. The van der Waals surface area contributed by atoms with Crippen molar-refractivity contribution in [3.8, 4) is 0 Å². The van der Waals surface area contributed by atoms with Gasteiger partial charge >= 0.3 is 0 Å². The van der Waals surface area contributed by atoms with Crippen molar-refractivity contribution in [1.82, 2.24) is 20.2 Å². The third-order valence-electron chi connectivity index (χ3n) is 3.87. The molecule has 1 aromatic carbocycles. The van der Waals surface area contributed by atoms with Crippen molar-refractivity contribution in [2.24, 2.45) is 0 Å². The second-order valence-electron chi connectivity index (χ2n) is 5.54. The Labute approximate surface area is 114 Å². The van der Waals surface area contributed by atoms with E-state index in [0.29, 0.717) is 6.04 Å². The number of hydrogen-bond acceptors (Lipinski definition) is 3. The van der Waals surface area contributed by atoms with Crippen LogP contribution in [0.3, 0.4) is 0 Å². The predicted molar refractivity (Wildman–Crippen MR) is 78.1 cm³/mol. The highest BCUT2D eigenvalue weighted by atomic mass is 15.2. The fourth-order valence-corrected chi connectivity index (χ4v) is 2.80. The molecule has 102 valence electrons. The Morgan fingerprint density at radius 2 is 2.21 bits per heavy atom. The number of imidazole rings is 1. The molecule has 0 aliphatic carbocycles. The molecule has 19 heavy (non-hydrogen) atoms. The van der Waals surface area contributed by atoms with Gasteiger partial charge < -0.3 is 15.2 Å². The molecule has 1 saturated heterocycles. The van der Waals surface area contributed by atoms with E-state index in [1.807, 2.05) is 0 Å². The van der Waals surface area contributed by atoms with Crippen LogP contribution in [0.4, 0.5) is 0 Å². The van der Waals surface area contributed by atoms with Gasteiger partial charge in [-0.05, 0) is 50.6 Å². The third-order valence-corrected chi connectivity index (χ3v) is 3.87. The first kappa shape index (κ1) is 12.6. The Hall–Kier alpha value is -1.39. The molecule has 3 rings (SSSR count). The van der Waals surface area contributed by atoms with Crippen LogP contribution in [-0.2, 0) is 6.54 Å². The quantitative estimate of drug-likeness (QED) is 0.863. The summed E-state index contributed by atoms with van der Waals surface area (Å²) in [5.74, 6) is 0. The predicted octanol–water partition coefficient (Wildman–Crippen LogP) is 2.14. The Kier molecular flexibility index (Phi) is 3.80. The molecule has 0 spiro atoms. The summed E-state index contributed by atoms with van der Waals surface area (Å²) in [6, 6.07) is 6.94. The Balaban J connectivity index is 1.52. The maximum Gasteiger partial charge on any atom is 0.0931 e. The molecular weight excluding hydrogens is 236 g/mol. The first-order valence-corrected chi connectivity index (χ1v) is 7.19. The second-order valence-corrected chi connectivity index (χ2v) is 5.54. The molecule has 1 atom stereocenters. The van der Waals surface area contributed by atoms with Crippen molar-refractivity contribution in [3.05, 3.63) is 30.1 Å². The number of fused-ring (bicyclic) bond motifs is 1. The number of benzene rings is 1. The molecule has 0 radical (unpaired) electrons. The summed E-state index contributed by atoms with van der Waals surface area (Å²) >= 11 is 0. The zero-order valence-corrected chi connectivity index (χ0v) is 11.5. The second kappa shape index (κ2) is 5.72. The van der Waals surface area contributed by atoms with Gasteiger partial charge in [-0.25, -0.2) is 4.98 Å². The van der Waals surface area contributed by atoms with E-state index < -0.39 is 0 Å². The van der Waals surface area contributed by atoms with Gasteiger partial charge in [-0.1, -0.05) is 6.07 Å². The standard InChI is InChI=1S/C15H22N4/c1-12(10-19-6-2-3-7-19)16-9-13-4-5-14-15(8-13)18-11-17-14/h4-5,8,11-12,16H,2-3,6-7,9-10H2,1H3,(H,17,18). The van der Waals surface area contributed by atoms with Crippen LogP contribution in [-0.4, -0.2) is 40.5 Å². The molecule has 2 N–H and O–H groups in total. The minimum Gasteiger partial charge on any atom is -0.345 e. The van der Waals surface area contributed by atoms with Crippen molar-refractivity contribution in [2.75, 3.05) is 19.6 Å². The van der Waals surface area contributed by atoms with E-state index in [1.165, 1.54) is 31.5 Å². The molecule has 0 amide bonds. The molecule has 4 nitrogen and oxygen atoms in total. The van der Waals surface area contributed by atoms with E-state index >= 15 is 0 Å². The first-order valence-electron chi connectivity index (χ1n) is 7.19. The van der Waals surface area contributed by atoms with Crippen LogP contribution in [0.15, 0.2) is 24.5 Å². The fourth-order valence-electron chi connectivity index (χ4n) is 2.80. The minimum absolute atomic E-state index is 0.538. The molecule has 0 bridgehead atoms. The maximum atomic E-state index is 4.24. The molecule has 2 aromatic rings. The summed E-state index contributed by atoms with van der Waals surface area (Å²) in [6.07, 6.45) is 4.48. The van der Waals surface area contributed by atoms with Gasteiger partial charge in [-0.15, -0.1) is 0 Å². The molecule has 1 aromatic heterocycles. The van der Waals surface area contributed by atoms with Gasteiger partial charge in [0.15, 0.2) is 0 Å². The molecule has 1 aliphatic rings. The number of rotatable bonds is 5. The smallest absolute Gasteiger partial charge is 0.0931 e. The van der Waals surface area contributed by atoms with Crippen LogP contribution in [0.1, 0.15) is 25.3 Å². The van der Waals surface area contributed by atoms with Crippen LogP contribution in [0.25, 0.3) is 11.0 Å². The summed E-state index contributed by atoms with van der Waals surface area (Å²) < 4.78 is 0. The van der Waals surface area contributed by atoms with E-state index in [1.54, 1.807) is 6.33 Å². The molecule has 1 fully saturated rings. The zero-order chi connectivity index (χ0) is 13.1. The van der Waals surface area contributed by atoms with E-state index in [-0.39, 0.29) is 0 Å². The van der Waals surface area contributed by atoms with E-state index in [9.17, 15) is 0 Å². The number of hydrogen-bond donors (Lipinski definition) is 2. The van der Waals surface area contributed by atoms with E-state index in [2.05, 4.69) is 45.3 Å². The van der Waals surface area contributed by atoms with Crippen molar-refractivity contribution in [3.63, 3.8) is 0 Å². The number of H-pyrrole nitrogens is 1. The van der Waals surface area contributed by atoms with Crippen LogP contribution in [0, 0.1) is 0 Å². The maximum absolute atomic E-state index is 4.24. The fraction of sp³-hybridized carbons (Fsp3) is 0.533. The first-order chi connectivity index (χ1) is 9.31. The van der Waals surface area contributed by atoms with Gasteiger partial charge in [0.05, 0.1) is 17.4 Å². The number of nitrogens with zero attached hydrogens (tertiary/aromatic N) is 2. The lowest BCUT2D eigenvalue weighted by molar-refractivity contribution is 0.298. The van der Waals surface area contributed by atoms with Crippen molar-refractivity contribution >= 4 is 11.0 Å². The van der Waals surface area contributed by atoms with Crippen LogP contribution in [0.2, 0.25) is 0 Å². The average molecular weight is 258 g/mol. The number of aromatic nitrogens is 2. The molecular formula is C15H22N4. The summed E-state index contributed by atoms with van der Waals surface area (Å²) in [7, 11) is 0. The molecule has 1 unspecified atom stereocenters. The monoisotopic (exact) mass is 258 g/mol. The highest BCUT2D eigenvalue weighted by molar-refractivity contribution is 5.74. The summed E-state index contributed by atoms with van der Waals surface area (Å²) in [6.45, 7) is 6.89. The third kappa shape index (κ3) is 3.14. The summed E-state index contributed by atoms with van der Waals surface area (Å²) in [5.41, 5.74) is 3.46. The normalized spacial score (nSPS) is 18.2. The van der Waals surface area contributed by atoms with Crippen LogP contribution in [0.5, 0.6) is 0 Å². The SMILES string of the molecule is CC(CN1CCCC1)NCc1ccc2nc[nH]c2c1. The van der Waals surface area contributed by atoms with Crippen molar-refractivity contribution < 1.29 is 0 Å². The van der Waals surface area contributed by atoms with E-state index in [0.717, 1.165) is 24.1 Å². The van der Waals surface area contributed by atoms with Gasteiger partial charge in [0, 0.05) is 19.1 Å². The minimum atomic E-state index is 0.538. The molecule has 0 saturated carbocycles. The molecule has 1 aliphatic heterocycles. The van der Waals surface area contributed by atoms with Crippen LogP contribution >= 0.6 is 0 Å². The lowest BCUT2D eigenvalue weighted by Crippen LogP contribution is -2.37. The van der Waals surface area contributed by atoms with Crippen molar-refractivity contribution in [1.29, 1.82) is 0 Å². The summed E-state index contributed by atoms with van der Waals surface area (Å²) in [4.78, 5) is 9.95. The summed E-state index contributed by atoms with van der Waals surface area (Å²) in [5, 5.41) is 3.61. The lowest BCUT2D eigenvalue weighted by Gasteiger charge is -2.21. The van der Waals surface area contributed by atoms with Gasteiger partial charge in [0.2, 0.25) is 0 Å². The highest BCUT2D eigenvalue weighted by Gasteiger charge is 2.14. The van der Waals surface area contributed by atoms with Gasteiger partial charge in [0.1, 0.15) is 0 Å². The van der Waals surface area contributed by atoms with Gasteiger partial charge in [-0.3, -0.25) is 0 Å². The van der Waals surface area contributed by atoms with E-state index in [4.69, 9.17) is 0 Å².